The molecule has 0 heterocycles. The van der Waals surface area contributed by atoms with Crippen LogP contribution in [0.25, 0.3) is 0 Å². The summed E-state index contributed by atoms with van der Waals surface area (Å²) < 4.78 is 11.1. The number of esters is 1. The van der Waals surface area contributed by atoms with Crippen molar-refractivity contribution in [2.24, 2.45) is 0 Å². The first-order valence-electron chi connectivity index (χ1n) is 5.85. The number of halogens is 2. The third kappa shape index (κ3) is 3.82. The summed E-state index contributed by atoms with van der Waals surface area (Å²) in [7, 11) is 1.62. The van der Waals surface area contributed by atoms with E-state index in [1.807, 2.05) is 12.1 Å². The van der Waals surface area contributed by atoms with E-state index in [-0.39, 0.29) is 0 Å². The standard InChI is InChI=1S/C15H12BrClO3/c1-19-9-10-2-4-11(5-3-10)15(18)20-14-7-6-12(16)8-13(14)17/h2-8H,9H2,1H3. The molecule has 5 heteroatoms. The molecular formula is C15H12BrClO3. The maximum Gasteiger partial charge on any atom is 0.343 e. The topological polar surface area (TPSA) is 35.5 Å². The normalized spacial score (nSPS) is 10.3. The van der Waals surface area contributed by atoms with E-state index in [2.05, 4.69) is 15.9 Å². The van der Waals surface area contributed by atoms with Gasteiger partial charge >= 0.3 is 5.97 Å². The van der Waals surface area contributed by atoms with Gasteiger partial charge in [-0.25, -0.2) is 4.79 Å². The Bertz CT molecular complexity index is 611. The number of rotatable bonds is 4. The second-order valence-electron chi connectivity index (χ2n) is 4.09. The van der Waals surface area contributed by atoms with Crippen molar-refractivity contribution in [2.45, 2.75) is 6.61 Å². The fourth-order valence-electron chi connectivity index (χ4n) is 1.62. The highest BCUT2D eigenvalue weighted by Gasteiger charge is 2.11. The molecule has 2 aromatic carbocycles. The minimum atomic E-state index is -0.446. The Labute approximate surface area is 130 Å². The summed E-state index contributed by atoms with van der Waals surface area (Å²) in [6.07, 6.45) is 0. The molecule has 0 aliphatic heterocycles. The van der Waals surface area contributed by atoms with Gasteiger partial charge in [-0.2, -0.15) is 0 Å². The molecule has 0 aromatic heterocycles. The first kappa shape index (κ1) is 15.0. The summed E-state index contributed by atoms with van der Waals surface area (Å²) in [5.41, 5.74) is 1.45. The minimum Gasteiger partial charge on any atom is -0.421 e. The SMILES string of the molecule is COCc1ccc(C(=O)Oc2ccc(Br)cc2Cl)cc1. The number of ether oxygens (including phenoxy) is 2. The van der Waals surface area contributed by atoms with Gasteiger partial charge in [0, 0.05) is 11.6 Å². The molecule has 104 valence electrons. The van der Waals surface area contributed by atoms with Gasteiger partial charge in [0.15, 0.2) is 0 Å². The van der Waals surface area contributed by atoms with Crippen LogP contribution in [0.1, 0.15) is 15.9 Å². The van der Waals surface area contributed by atoms with Gasteiger partial charge in [-0.1, -0.05) is 39.7 Å². The summed E-state index contributed by atoms with van der Waals surface area (Å²) in [5.74, 6) is -0.112. The van der Waals surface area contributed by atoms with Crippen LogP contribution in [-0.2, 0) is 11.3 Å². The van der Waals surface area contributed by atoms with Gasteiger partial charge in [0.2, 0.25) is 0 Å². The maximum atomic E-state index is 12.0. The van der Waals surface area contributed by atoms with Crippen LogP contribution >= 0.6 is 27.5 Å². The van der Waals surface area contributed by atoms with E-state index in [0.717, 1.165) is 10.0 Å². The van der Waals surface area contributed by atoms with Crippen LogP contribution in [0.15, 0.2) is 46.9 Å². The molecular weight excluding hydrogens is 344 g/mol. The summed E-state index contributed by atoms with van der Waals surface area (Å²) in [6, 6.07) is 12.1. The molecule has 0 fully saturated rings. The fourth-order valence-corrected chi connectivity index (χ4v) is 2.33. The van der Waals surface area contributed by atoms with Crippen LogP contribution in [0, 0.1) is 0 Å². The van der Waals surface area contributed by atoms with Crippen molar-refractivity contribution in [3.8, 4) is 5.75 Å². The first-order chi connectivity index (χ1) is 9.60. The fraction of sp³-hybridized carbons (Fsp3) is 0.133. The molecule has 0 aliphatic carbocycles. The van der Waals surface area contributed by atoms with Crippen LogP contribution in [0.3, 0.4) is 0 Å². The molecule has 3 nitrogen and oxygen atoms in total. The number of hydrogen-bond donors (Lipinski definition) is 0. The zero-order valence-electron chi connectivity index (χ0n) is 10.7. The number of methoxy groups -OCH3 is 1. The molecule has 2 rings (SSSR count). The highest BCUT2D eigenvalue weighted by atomic mass is 79.9. The lowest BCUT2D eigenvalue weighted by molar-refractivity contribution is 0.0734. The van der Waals surface area contributed by atoms with E-state index in [9.17, 15) is 4.79 Å². The monoisotopic (exact) mass is 354 g/mol. The largest absolute Gasteiger partial charge is 0.421 e. The molecule has 0 N–H and O–H groups in total. The predicted molar refractivity (Wildman–Crippen MR) is 81.3 cm³/mol. The van der Waals surface area contributed by atoms with Gasteiger partial charge < -0.3 is 9.47 Å². The molecule has 0 saturated carbocycles. The molecule has 2 aromatic rings. The zero-order chi connectivity index (χ0) is 14.5. The van der Waals surface area contributed by atoms with E-state index in [4.69, 9.17) is 21.1 Å². The summed E-state index contributed by atoms with van der Waals surface area (Å²) in [4.78, 5) is 12.0. The highest BCUT2D eigenvalue weighted by molar-refractivity contribution is 9.10. The van der Waals surface area contributed by atoms with Crippen LogP contribution in [0.5, 0.6) is 5.75 Å². The first-order valence-corrected chi connectivity index (χ1v) is 7.02. The average Bonchev–Trinajstić information content (AvgIpc) is 2.43. The zero-order valence-corrected chi connectivity index (χ0v) is 13.1. The minimum absolute atomic E-state index is 0.334. The van der Waals surface area contributed by atoms with Crippen molar-refractivity contribution >= 4 is 33.5 Å². The molecule has 20 heavy (non-hydrogen) atoms. The van der Waals surface area contributed by atoms with Crippen molar-refractivity contribution in [1.82, 2.24) is 0 Å². The van der Waals surface area contributed by atoms with Crippen molar-refractivity contribution < 1.29 is 14.3 Å². The molecule has 0 bridgehead atoms. The quantitative estimate of drug-likeness (QED) is 0.600. The van der Waals surface area contributed by atoms with Gasteiger partial charge in [-0.05, 0) is 35.9 Å². The summed E-state index contributed by atoms with van der Waals surface area (Å²) in [5, 5.41) is 0.378. The summed E-state index contributed by atoms with van der Waals surface area (Å²) >= 11 is 9.30. The van der Waals surface area contributed by atoms with E-state index < -0.39 is 5.97 Å². The van der Waals surface area contributed by atoms with Gasteiger partial charge in [0.05, 0.1) is 17.2 Å². The molecule has 0 spiro atoms. The lowest BCUT2D eigenvalue weighted by Gasteiger charge is -2.07. The number of carbonyl (C=O) groups excluding carboxylic acids is 1. The number of hydrogen-bond acceptors (Lipinski definition) is 3. The van der Waals surface area contributed by atoms with E-state index in [0.29, 0.717) is 22.9 Å². The number of benzene rings is 2. The lowest BCUT2D eigenvalue weighted by Crippen LogP contribution is -2.08. The van der Waals surface area contributed by atoms with Gasteiger partial charge in [-0.15, -0.1) is 0 Å². The van der Waals surface area contributed by atoms with Gasteiger partial charge in [0.1, 0.15) is 5.75 Å². The Morgan fingerprint density at radius 2 is 1.90 bits per heavy atom. The maximum absolute atomic E-state index is 12.0. The number of carbonyl (C=O) groups is 1. The smallest absolute Gasteiger partial charge is 0.343 e. The summed E-state index contributed by atoms with van der Waals surface area (Å²) in [6.45, 7) is 0.508. The van der Waals surface area contributed by atoms with Crippen LogP contribution in [0.2, 0.25) is 5.02 Å². The van der Waals surface area contributed by atoms with Crippen molar-refractivity contribution in [2.75, 3.05) is 7.11 Å². The third-order valence-electron chi connectivity index (χ3n) is 2.60. The Morgan fingerprint density at radius 1 is 1.20 bits per heavy atom. The van der Waals surface area contributed by atoms with Gasteiger partial charge in [-0.3, -0.25) is 0 Å². The third-order valence-corrected chi connectivity index (χ3v) is 3.39. The van der Waals surface area contributed by atoms with E-state index in [1.54, 1.807) is 37.4 Å². The van der Waals surface area contributed by atoms with Crippen LogP contribution < -0.4 is 4.74 Å². The lowest BCUT2D eigenvalue weighted by atomic mass is 10.1. The Kier molecular flexibility index (Phi) is 5.17. The van der Waals surface area contributed by atoms with Crippen molar-refractivity contribution in [3.05, 3.63) is 63.1 Å². The van der Waals surface area contributed by atoms with Crippen LogP contribution in [-0.4, -0.2) is 13.1 Å². The van der Waals surface area contributed by atoms with E-state index >= 15 is 0 Å². The molecule has 0 unspecified atom stereocenters. The predicted octanol–water partition coefficient (Wildman–Crippen LogP) is 4.47. The highest BCUT2D eigenvalue weighted by Crippen LogP contribution is 2.28. The van der Waals surface area contributed by atoms with Crippen LogP contribution in [0.4, 0.5) is 0 Å². The average molecular weight is 356 g/mol. The molecule has 0 saturated heterocycles. The molecule has 0 radical (unpaired) electrons. The Hall–Kier alpha value is -1.36. The Balaban J connectivity index is 2.11. The van der Waals surface area contributed by atoms with E-state index in [1.165, 1.54) is 0 Å². The molecule has 0 amide bonds. The second kappa shape index (κ2) is 6.88. The Morgan fingerprint density at radius 3 is 2.50 bits per heavy atom. The molecule has 0 aliphatic rings. The second-order valence-corrected chi connectivity index (χ2v) is 5.42. The van der Waals surface area contributed by atoms with Crippen molar-refractivity contribution in [1.29, 1.82) is 0 Å². The molecule has 0 atom stereocenters. The van der Waals surface area contributed by atoms with Gasteiger partial charge in [0.25, 0.3) is 0 Å². The van der Waals surface area contributed by atoms with Crippen molar-refractivity contribution in [3.63, 3.8) is 0 Å².